The highest BCUT2D eigenvalue weighted by molar-refractivity contribution is 9.10. The van der Waals surface area contributed by atoms with E-state index in [0.29, 0.717) is 32.8 Å². The van der Waals surface area contributed by atoms with Crippen LogP contribution >= 0.6 is 27.5 Å². The highest BCUT2D eigenvalue weighted by Gasteiger charge is 2.23. The fourth-order valence-electron chi connectivity index (χ4n) is 1.13. The second-order valence-electron chi connectivity index (χ2n) is 2.44. The zero-order valence-corrected chi connectivity index (χ0v) is 8.68. The summed E-state index contributed by atoms with van der Waals surface area (Å²) >= 11 is 9.07. The van der Waals surface area contributed by atoms with E-state index < -0.39 is 0 Å². The lowest BCUT2D eigenvalue weighted by Gasteiger charge is -2.03. The molecule has 1 aliphatic heterocycles. The van der Waals surface area contributed by atoms with E-state index in [0.717, 1.165) is 0 Å². The molecule has 0 radical (unpaired) electrons. The maximum absolute atomic E-state index is 10.7. The van der Waals surface area contributed by atoms with E-state index in [2.05, 4.69) is 15.9 Å². The number of carbonyl (C=O) groups is 1. The molecule has 0 N–H and O–H groups in total. The predicted molar refractivity (Wildman–Crippen MR) is 50.7 cm³/mol. The average molecular weight is 263 g/mol. The van der Waals surface area contributed by atoms with Gasteiger partial charge in [-0.2, -0.15) is 0 Å². The molecule has 0 amide bonds. The van der Waals surface area contributed by atoms with Crippen LogP contribution in [0.2, 0.25) is 5.02 Å². The van der Waals surface area contributed by atoms with Gasteiger partial charge in [-0.1, -0.05) is 11.6 Å². The van der Waals surface area contributed by atoms with Crippen molar-refractivity contribution in [1.82, 2.24) is 0 Å². The summed E-state index contributed by atoms with van der Waals surface area (Å²) in [6.45, 7) is 0.120. The third kappa shape index (κ3) is 1.30. The van der Waals surface area contributed by atoms with Crippen molar-refractivity contribution < 1.29 is 14.3 Å². The van der Waals surface area contributed by atoms with Gasteiger partial charge in [0.15, 0.2) is 17.8 Å². The Hall–Kier alpha value is -0.740. The van der Waals surface area contributed by atoms with Crippen molar-refractivity contribution in [2.75, 3.05) is 6.79 Å². The Morgan fingerprint density at radius 3 is 2.85 bits per heavy atom. The first kappa shape index (κ1) is 8.84. The molecule has 0 fully saturated rings. The van der Waals surface area contributed by atoms with Gasteiger partial charge in [-0.05, 0) is 22.0 Å². The van der Waals surface area contributed by atoms with Crippen LogP contribution in [0, 0.1) is 0 Å². The molecule has 0 aliphatic carbocycles. The lowest BCUT2D eigenvalue weighted by atomic mass is 10.2. The number of aldehydes is 1. The summed E-state index contributed by atoms with van der Waals surface area (Å²) in [4.78, 5) is 10.7. The zero-order valence-electron chi connectivity index (χ0n) is 6.34. The number of hydrogen-bond acceptors (Lipinski definition) is 3. The number of halogens is 2. The van der Waals surface area contributed by atoms with Gasteiger partial charge in [-0.3, -0.25) is 4.79 Å². The number of ether oxygens (including phenoxy) is 2. The van der Waals surface area contributed by atoms with Gasteiger partial charge in [0.25, 0.3) is 0 Å². The first-order valence-corrected chi connectivity index (χ1v) is 4.64. The molecule has 0 saturated carbocycles. The maximum Gasteiger partial charge on any atom is 0.231 e. The maximum atomic E-state index is 10.7. The minimum absolute atomic E-state index is 0.120. The Balaban J connectivity index is 2.71. The smallest absolute Gasteiger partial charge is 0.231 e. The summed E-state index contributed by atoms with van der Waals surface area (Å²) in [6.07, 6.45) is 0.655. The SMILES string of the molecule is O=Cc1c(Cl)cc(Br)c2c1OCO2. The standard InChI is InChI=1S/C8H4BrClO3/c9-5-1-6(10)4(2-11)7-8(5)13-3-12-7/h1-2H,3H2. The minimum Gasteiger partial charge on any atom is -0.453 e. The van der Waals surface area contributed by atoms with Crippen LogP contribution in [0.3, 0.4) is 0 Å². The van der Waals surface area contributed by atoms with Crippen molar-refractivity contribution in [2.45, 2.75) is 0 Å². The number of fused-ring (bicyclic) bond motifs is 1. The Bertz CT molecular complexity index is 378. The fraction of sp³-hybridized carbons (Fsp3) is 0.125. The first-order chi connectivity index (χ1) is 6.24. The molecular weight excluding hydrogens is 259 g/mol. The molecule has 5 heteroatoms. The summed E-state index contributed by atoms with van der Waals surface area (Å²) in [7, 11) is 0. The van der Waals surface area contributed by atoms with Crippen LogP contribution in [0.4, 0.5) is 0 Å². The molecule has 13 heavy (non-hydrogen) atoms. The second kappa shape index (κ2) is 3.20. The first-order valence-electron chi connectivity index (χ1n) is 3.47. The van der Waals surface area contributed by atoms with E-state index in [1.54, 1.807) is 6.07 Å². The van der Waals surface area contributed by atoms with E-state index >= 15 is 0 Å². The van der Waals surface area contributed by atoms with Crippen LogP contribution in [0.5, 0.6) is 11.5 Å². The molecule has 0 bridgehead atoms. The van der Waals surface area contributed by atoms with Crippen molar-refractivity contribution >= 4 is 33.8 Å². The fourth-order valence-corrected chi connectivity index (χ4v) is 2.02. The van der Waals surface area contributed by atoms with E-state index in [1.165, 1.54) is 0 Å². The summed E-state index contributed by atoms with van der Waals surface area (Å²) in [5.41, 5.74) is 0.331. The van der Waals surface area contributed by atoms with Crippen molar-refractivity contribution in [3.8, 4) is 11.5 Å². The van der Waals surface area contributed by atoms with Gasteiger partial charge in [0.05, 0.1) is 15.1 Å². The molecule has 1 aromatic carbocycles. The van der Waals surface area contributed by atoms with Crippen LogP contribution in [-0.2, 0) is 0 Å². The van der Waals surface area contributed by atoms with Crippen LogP contribution in [-0.4, -0.2) is 13.1 Å². The molecule has 0 saturated heterocycles. The van der Waals surface area contributed by atoms with Crippen LogP contribution in [0.25, 0.3) is 0 Å². The van der Waals surface area contributed by atoms with Gasteiger partial charge >= 0.3 is 0 Å². The molecular formula is C8H4BrClO3. The van der Waals surface area contributed by atoms with E-state index in [1.807, 2.05) is 0 Å². The number of carbonyl (C=O) groups excluding carboxylic acids is 1. The third-order valence-electron chi connectivity index (χ3n) is 1.70. The van der Waals surface area contributed by atoms with Crippen LogP contribution in [0.1, 0.15) is 10.4 Å². The van der Waals surface area contributed by atoms with Gasteiger partial charge in [-0.25, -0.2) is 0 Å². The Kier molecular flexibility index (Phi) is 2.17. The molecule has 0 spiro atoms. The summed E-state index contributed by atoms with van der Waals surface area (Å²) in [5, 5.41) is 0.353. The van der Waals surface area contributed by atoms with E-state index in [9.17, 15) is 4.79 Å². The lowest BCUT2D eigenvalue weighted by molar-refractivity contribution is 0.111. The Labute approximate surface area is 87.7 Å². The quantitative estimate of drug-likeness (QED) is 0.731. The molecule has 3 nitrogen and oxygen atoms in total. The van der Waals surface area contributed by atoms with Crippen molar-refractivity contribution in [3.05, 3.63) is 21.1 Å². The summed E-state index contributed by atoms with van der Waals surface area (Å²) in [6, 6.07) is 1.61. The lowest BCUT2D eigenvalue weighted by Crippen LogP contribution is -1.94. The van der Waals surface area contributed by atoms with Gasteiger partial charge in [0.1, 0.15) is 0 Å². The van der Waals surface area contributed by atoms with Gasteiger partial charge in [0, 0.05) is 0 Å². The molecule has 0 aromatic heterocycles. The molecule has 1 heterocycles. The van der Waals surface area contributed by atoms with Gasteiger partial charge in [-0.15, -0.1) is 0 Å². The Morgan fingerprint density at radius 2 is 2.15 bits per heavy atom. The van der Waals surface area contributed by atoms with Gasteiger partial charge in [0.2, 0.25) is 6.79 Å². The van der Waals surface area contributed by atoms with E-state index in [-0.39, 0.29) is 6.79 Å². The highest BCUT2D eigenvalue weighted by Crippen LogP contribution is 2.44. The highest BCUT2D eigenvalue weighted by atomic mass is 79.9. The van der Waals surface area contributed by atoms with Crippen molar-refractivity contribution in [3.63, 3.8) is 0 Å². The normalized spacial score (nSPS) is 13.1. The van der Waals surface area contributed by atoms with Gasteiger partial charge < -0.3 is 9.47 Å². The number of hydrogen-bond donors (Lipinski definition) is 0. The molecule has 0 unspecified atom stereocenters. The zero-order chi connectivity index (χ0) is 9.42. The number of benzene rings is 1. The average Bonchev–Trinajstić information content (AvgIpc) is 2.53. The van der Waals surface area contributed by atoms with Crippen molar-refractivity contribution in [1.29, 1.82) is 0 Å². The molecule has 0 atom stereocenters. The van der Waals surface area contributed by atoms with Crippen LogP contribution < -0.4 is 9.47 Å². The second-order valence-corrected chi connectivity index (χ2v) is 3.70. The Morgan fingerprint density at radius 1 is 1.46 bits per heavy atom. The summed E-state index contributed by atoms with van der Waals surface area (Å²) in [5.74, 6) is 0.945. The monoisotopic (exact) mass is 262 g/mol. The predicted octanol–water partition coefficient (Wildman–Crippen LogP) is 2.64. The summed E-state index contributed by atoms with van der Waals surface area (Å²) < 4.78 is 10.9. The number of rotatable bonds is 1. The molecule has 68 valence electrons. The minimum atomic E-state index is 0.120. The largest absolute Gasteiger partial charge is 0.453 e. The third-order valence-corrected chi connectivity index (χ3v) is 2.60. The van der Waals surface area contributed by atoms with Crippen LogP contribution in [0.15, 0.2) is 10.5 Å². The van der Waals surface area contributed by atoms with E-state index in [4.69, 9.17) is 21.1 Å². The topological polar surface area (TPSA) is 35.5 Å². The van der Waals surface area contributed by atoms with Crippen molar-refractivity contribution in [2.24, 2.45) is 0 Å². The molecule has 1 aliphatic rings. The molecule has 1 aromatic rings. The molecule has 2 rings (SSSR count).